The van der Waals surface area contributed by atoms with Crippen LogP contribution in [0.2, 0.25) is 0 Å². The van der Waals surface area contributed by atoms with Crippen molar-refractivity contribution in [2.24, 2.45) is 23.2 Å². The Morgan fingerprint density at radius 3 is 2.29 bits per heavy atom. The predicted octanol–water partition coefficient (Wildman–Crippen LogP) is 2.58. The van der Waals surface area contributed by atoms with Crippen LogP contribution in [0.15, 0.2) is 0 Å². The number of hydrogen-bond donors (Lipinski definition) is 0. The van der Waals surface area contributed by atoms with E-state index in [2.05, 4.69) is 9.80 Å². The van der Waals surface area contributed by atoms with E-state index in [0.29, 0.717) is 41.7 Å². The Balaban J connectivity index is 1.08. The van der Waals surface area contributed by atoms with Gasteiger partial charge in [-0.1, -0.05) is 12.8 Å². The molecule has 2 saturated carbocycles. The molecule has 2 amide bonds. The first-order chi connectivity index (χ1) is 13.6. The second kappa shape index (κ2) is 7.19. The smallest absolute Gasteiger partial charge is 0.409 e. The van der Waals surface area contributed by atoms with Gasteiger partial charge in [-0.05, 0) is 56.3 Å². The van der Waals surface area contributed by atoms with Crippen molar-refractivity contribution in [1.29, 1.82) is 0 Å². The Morgan fingerprint density at radius 2 is 1.64 bits per heavy atom. The lowest BCUT2D eigenvalue weighted by Gasteiger charge is -2.49. The third-order valence-electron chi connectivity index (χ3n) is 8.24. The molecule has 6 nitrogen and oxygen atoms in total. The normalized spacial score (nSPS) is 40.2. The lowest BCUT2D eigenvalue weighted by Crippen LogP contribution is -2.52. The first kappa shape index (κ1) is 18.7. The number of rotatable bonds is 3. The number of hydrogen-bond acceptors (Lipinski definition) is 4. The molecule has 5 fully saturated rings. The van der Waals surface area contributed by atoms with E-state index in [1.807, 2.05) is 11.8 Å². The van der Waals surface area contributed by atoms with Crippen LogP contribution in [0.3, 0.4) is 0 Å². The lowest BCUT2D eigenvalue weighted by atomic mass is 9.64. The van der Waals surface area contributed by atoms with E-state index in [1.54, 1.807) is 0 Å². The van der Waals surface area contributed by atoms with Gasteiger partial charge in [0.15, 0.2) is 0 Å². The Labute approximate surface area is 168 Å². The number of likely N-dealkylation sites (tertiary alicyclic amines) is 3. The van der Waals surface area contributed by atoms with E-state index in [1.165, 1.54) is 38.5 Å². The van der Waals surface area contributed by atoms with Crippen LogP contribution in [0.25, 0.3) is 0 Å². The Hall–Kier alpha value is -1.30. The minimum absolute atomic E-state index is 0.139. The van der Waals surface area contributed by atoms with Crippen LogP contribution in [0.4, 0.5) is 4.79 Å². The Bertz CT molecular complexity index is 613. The van der Waals surface area contributed by atoms with Crippen molar-refractivity contribution in [2.45, 2.75) is 57.9 Å². The van der Waals surface area contributed by atoms with Gasteiger partial charge in [-0.3, -0.25) is 9.69 Å². The molecule has 6 heteroatoms. The first-order valence-corrected chi connectivity index (χ1v) is 11.5. The fraction of sp³-hybridized carbons (Fsp3) is 0.909. The van der Waals surface area contributed by atoms with Crippen LogP contribution >= 0.6 is 0 Å². The maximum atomic E-state index is 12.9. The van der Waals surface area contributed by atoms with Gasteiger partial charge in [0.1, 0.15) is 0 Å². The van der Waals surface area contributed by atoms with Crippen LogP contribution < -0.4 is 0 Å². The van der Waals surface area contributed by atoms with Crippen molar-refractivity contribution in [3.63, 3.8) is 0 Å². The van der Waals surface area contributed by atoms with Gasteiger partial charge in [-0.15, -0.1) is 0 Å². The minimum atomic E-state index is -0.139. The maximum absolute atomic E-state index is 12.9. The minimum Gasteiger partial charge on any atom is -0.450 e. The molecule has 5 rings (SSSR count). The molecule has 156 valence electrons. The number of nitrogens with zero attached hydrogens (tertiary/aromatic N) is 3. The molecule has 0 aromatic rings. The summed E-state index contributed by atoms with van der Waals surface area (Å²) in [4.78, 5) is 31.6. The summed E-state index contributed by atoms with van der Waals surface area (Å²) in [5.74, 6) is 2.02. The van der Waals surface area contributed by atoms with Crippen LogP contribution in [0, 0.1) is 23.2 Å². The van der Waals surface area contributed by atoms with Gasteiger partial charge in [0.2, 0.25) is 5.91 Å². The second-order valence-corrected chi connectivity index (χ2v) is 9.98. The molecular formula is C22H35N3O3. The molecule has 3 saturated heterocycles. The quantitative estimate of drug-likeness (QED) is 0.744. The molecule has 28 heavy (non-hydrogen) atoms. The highest BCUT2D eigenvalue weighted by Gasteiger charge is 2.62. The summed E-state index contributed by atoms with van der Waals surface area (Å²) in [6, 6.07) is 0.670. The molecule has 3 heterocycles. The highest BCUT2D eigenvalue weighted by molar-refractivity contribution is 5.82. The molecule has 0 radical (unpaired) electrons. The summed E-state index contributed by atoms with van der Waals surface area (Å²) in [7, 11) is 0. The molecule has 0 aromatic carbocycles. The van der Waals surface area contributed by atoms with E-state index in [-0.39, 0.29) is 6.09 Å². The average molecular weight is 390 g/mol. The van der Waals surface area contributed by atoms with Crippen molar-refractivity contribution in [2.75, 3.05) is 45.9 Å². The van der Waals surface area contributed by atoms with Gasteiger partial charge < -0.3 is 14.5 Å². The third-order valence-corrected chi connectivity index (χ3v) is 8.24. The molecule has 3 atom stereocenters. The SMILES string of the molecule is CCOC(=O)N1CCC2(CC(N3C[C@@H]4[C@H](C3)[C@H]4C(=O)N3CCCCCC3)C2)C1. The lowest BCUT2D eigenvalue weighted by molar-refractivity contribution is -0.133. The zero-order valence-corrected chi connectivity index (χ0v) is 17.3. The summed E-state index contributed by atoms with van der Waals surface area (Å²) in [6.07, 6.45) is 8.36. The van der Waals surface area contributed by atoms with Gasteiger partial charge in [-0.2, -0.15) is 0 Å². The van der Waals surface area contributed by atoms with Gasteiger partial charge >= 0.3 is 6.09 Å². The largest absolute Gasteiger partial charge is 0.450 e. The van der Waals surface area contributed by atoms with E-state index in [4.69, 9.17) is 4.74 Å². The summed E-state index contributed by atoms with van der Waals surface area (Å²) in [6.45, 7) is 8.27. The van der Waals surface area contributed by atoms with Crippen LogP contribution in [0.1, 0.15) is 51.9 Å². The van der Waals surface area contributed by atoms with E-state index >= 15 is 0 Å². The number of carbonyl (C=O) groups is 2. The molecule has 5 aliphatic rings. The van der Waals surface area contributed by atoms with E-state index < -0.39 is 0 Å². The number of ether oxygens (including phenoxy) is 1. The van der Waals surface area contributed by atoms with Crippen molar-refractivity contribution in [1.82, 2.24) is 14.7 Å². The number of piperidine rings is 1. The molecule has 0 N–H and O–H groups in total. The van der Waals surface area contributed by atoms with Crippen molar-refractivity contribution >= 4 is 12.0 Å². The van der Waals surface area contributed by atoms with Crippen LogP contribution in [-0.2, 0) is 9.53 Å². The maximum Gasteiger partial charge on any atom is 0.409 e. The topological polar surface area (TPSA) is 53.1 Å². The van der Waals surface area contributed by atoms with Gasteiger partial charge in [0.05, 0.1) is 6.61 Å². The fourth-order valence-corrected chi connectivity index (χ4v) is 6.56. The average Bonchev–Trinajstić information content (AvgIpc) is 2.99. The summed E-state index contributed by atoms with van der Waals surface area (Å²) < 4.78 is 5.17. The zero-order chi connectivity index (χ0) is 19.3. The van der Waals surface area contributed by atoms with Crippen molar-refractivity contribution < 1.29 is 14.3 Å². The number of fused-ring (bicyclic) bond motifs is 1. The zero-order valence-electron chi connectivity index (χ0n) is 17.3. The van der Waals surface area contributed by atoms with E-state index in [9.17, 15) is 9.59 Å². The van der Waals surface area contributed by atoms with Crippen molar-refractivity contribution in [3.8, 4) is 0 Å². The molecule has 3 aliphatic heterocycles. The van der Waals surface area contributed by atoms with Crippen LogP contribution in [-0.4, -0.2) is 78.6 Å². The standard InChI is InChI=1S/C22H35N3O3/c1-2-28-21(27)24-10-7-22(15-24)11-16(12-22)25-13-17-18(14-25)19(17)20(26)23-8-5-3-4-6-9-23/h16-19H,2-15H2,1H3/t16?,17-,18+,19+,22?. The predicted molar refractivity (Wildman–Crippen MR) is 106 cm³/mol. The summed E-state index contributed by atoms with van der Waals surface area (Å²) >= 11 is 0. The Morgan fingerprint density at radius 1 is 0.964 bits per heavy atom. The second-order valence-electron chi connectivity index (χ2n) is 9.98. The summed E-state index contributed by atoms with van der Waals surface area (Å²) in [5, 5.41) is 0. The molecular weight excluding hydrogens is 354 g/mol. The fourth-order valence-electron chi connectivity index (χ4n) is 6.56. The summed E-state index contributed by atoms with van der Waals surface area (Å²) in [5.41, 5.74) is 0.339. The number of carbonyl (C=O) groups excluding carboxylic acids is 2. The van der Waals surface area contributed by atoms with Crippen LogP contribution in [0.5, 0.6) is 0 Å². The van der Waals surface area contributed by atoms with Gasteiger partial charge in [0.25, 0.3) is 0 Å². The number of amides is 2. The van der Waals surface area contributed by atoms with E-state index in [0.717, 1.165) is 45.7 Å². The van der Waals surface area contributed by atoms with Gasteiger partial charge in [-0.25, -0.2) is 4.79 Å². The first-order valence-electron chi connectivity index (χ1n) is 11.5. The molecule has 1 spiro atoms. The molecule has 0 aromatic heterocycles. The van der Waals surface area contributed by atoms with Gasteiger partial charge in [0, 0.05) is 51.2 Å². The highest BCUT2D eigenvalue weighted by atomic mass is 16.6. The molecule has 2 aliphatic carbocycles. The molecule has 0 bridgehead atoms. The van der Waals surface area contributed by atoms with Crippen molar-refractivity contribution in [3.05, 3.63) is 0 Å². The monoisotopic (exact) mass is 389 g/mol. The Kier molecular flexibility index (Phi) is 4.80. The molecule has 0 unspecified atom stereocenters. The third kappa shape index (κ3) is 3.21. The highest BCUT2D eigenvalue weighted by Crippen LogP contribution is 2.57.